The van der Waals surface area contributed by atoms with Crippen molar-refractivity contribution in [2.75, 3.05) is 11.5 Å². The molecule has 0 radical (unpaired) electrons. The molecule has 1 aromatic rings. The number of hydrogen-bond acceptors (Lipinski definition) is 2. The van der Waals surface area contributed by atoms with Crippen LogP contribution in [0.1, 0.15) is 12.0 Å². The van der Waals surface area contributed by atoms with Gasteiger partial charge in [-0.25, -0.2) is 0 Å². The van der Waals surface area contributed by atoms with Gasteiger partial charge in [0.25, 0.3) is 0 Å². The summed E-state index contributed by atoms with van der Waals surface area (Å²) >= 11 is 9.04. The third-order valence-electron chi connectivity index (χ3n) is 2.51. The van der Waals surface area contributed by atoms with Crippen LogP contribution < -0.4 is 5.32 Å². The standard InChI is InChI=1S/C11H13Br2NS/c12-10-2-1-8(5-11(10)13)6-14-9-3-4-15-7-9/h1-2,5,9,14H,3-4,6-7H2. The molecule has 0 saturated carbocycles. The van der Waals surface area contributed by atoms with E-state index < -0.39 is 0 Å². The molecule has 0 spiro atoms. The Morgan fingerprint density at radius 2 is 2.20 bits per heavy atom. The summed E-state index contributed by atoms with van der Waals surface area (Å²) in [5.41, 5.74) is 1.34. The Balaban J connectivity index is 1.90. The highest BCUT2D eigenvalue weighted by Crippen LogP contribution is 2.24. The second-order valence-corrected chi connectivity index (χ2v) is 6.55. The zero-order valence-corrected chi connectivity index (χ0v) is 12.3. The van der Waals surface area contributed by atoms with Gasteiger partial charge in [0.2, 0.25) is 0 Å². The molecular weight excluding hydrogens is 338 g/mol. The van der Waals surface area contributed by atoms with Gasteiger partial charge in [-0.1, -0.05) is 6.07 Å². The van der Waals surface area contributed by atoms with E-state index in [2.05, 4.69) is 55.4 Å². The van der Waals surface area contributed by atoms with Crippen molar-refractivity contribution >= 4 is 43.6 Å². The van der Waals surface area contributed by atoms with E-state index in [0.717, 1.165) is 15.5 Å². The van der Waals surface area contributed by atoms with Crippen LogP contribution >= 0.6 is 43.6 Å². The van der Waals surface area contributed by atoms with Crippen LogP contribution in [0.4, 0.5) is 0 Å². The van der Waals surface area contributed by atoms with Crippen LogP contribution in [-0.2, 0) is 6.54 Å². The van der Waals surface area contributed by atoms with Crippen LogP contribution in [0.3, 0.4) is 0 Å². The van der Waals surface area contributed by atoms with Crippen molar-refractivity contribution in [3.05, 3.63) is 32.7 Å². The Hall–Kier alpha value is 0.490. The average Bonchev–Trinajstić information content (AvgIpc) is 2.73. The van der Waals surface area contributed by atoms with Gasteiger partial charge >= 0.3 is 0 Å². The largest absolute Gasteiger partial charge is 0.309 e. The van der Waals surface area contributed by atoms with E-state index in [1.54, 1.807) is 0 Å². The predicted octanol–water partition coefficient (Wildman–Crippen LogP) is 3.81. The van der Waals surface area contributed by atoms with Crippen molar-refractivity contribution in [3.8, 4) is 0 Å². The average molecular weight is 351 g/mol. The fourth-order valence-corrected chi connectivity index (χ4v) is 3.47. The first-order valence-electron chi connectivity index (χ1n) is 5.01. The molecule has 1 nitrogen and oxygen atoms in total. The minimum absolute atomic E-state index is 0.706. The maximum absolute atomic E-state index is 3.59. The molecule has 2 rings (SSSR count). The lowest BCUT2D eigenvalue weighted by atomic mass is 10.2. The molecule has 1 heterocycles. The van der Waals surface area contributed by atoms with Crippen LogP contribution in [0.15, 0.2) is 27.1 Å². The normalized spacial score (nSPS) is 20.8. The van der Waals surface area contributed by atoms with E-state index in [1.165, 1.54) is 23.5 Å². The summed E-state index contributed by atoms with van der Waals surface area (Å²) in [4.78, 5) is 0. The quantitative estimate of drug-likeness (QED) is 0.889. The molecule has 1 fully saturated rings. The summed E-state index contributed by atoms with van der Waals surface area (Å²) in [5, 5.41) is 3.59. The van der Waals surface area contributed by atoms with Gasteiger partial charge in [-0.2, -0.15) is 11.8 Å². The molecule has 0 aromatic heterocycles. The third kappa shape index (κ3) is 3.48. The van der Waals surface area contributed by atoms with E-state index in [0.29, 0.717) is 6.04 Å². The van der Waals surface area contributed by atoms with Crippen LogP contribution in [0.25, 0.3) is 0 Å². The Bertz CT molecular complexity index is 337. The molecule has 1 atom stereocenters. The van der Waals surface area contributed by atoms with Crippen molar-refractivity contribution in [3.63, 3.8) is 0 Å². The highest BCUT2D eigenvalue weighted by Gasteiger charge is 2.14. The molecule has 1 aliphatic rings. The SMILES string of the molecule is Brc1ccc(CNC2CCSC2)cc1Br. The minimum atomic E-state index is 0.706. The maximum Gasteiger partial charge on any atom is 0.0320 e. The van der Waals surface area contributed by atoms with E-state index >= 15 is 0 Å². The predicted molar refractivity (Wildman–Crippen MR) is 74.4 cm³/mol. The molecule has 0 amide bonds. The van der Waals surface area contributed by atoms with Gasteiger partial charge in [-0.15, -0.1) is 0 Å². The zero-order valence-electron chi connectivity index (χ0n) is 8.30. The molecule has 1 N–H and O–H groups in total. The monoisotopic (exact) mass is 349 g/mol. The molecule has 1 saturated heterocycles. The van der Waals surface area contributed by atoms with E-state index in [1.807, 2.05) is 11.8 Å². The van der Waals surface area contributed by atoms with Gasteiger partial charge in [0.05, 0.1) is 0 Å². The summed E-state index contributed by atoms with van der Waals surface area (Å²) in [7, 11) is 0. The van der Waals surface area contributed by atoms with Gasteiger partial charge < -0.3 is 5.32 Å². The van der Waals surface area contributed by atoms with Gasteiger partial charge in [0.1, 0.15) is 0 Å². The van der Waals surface area contributed by atoms with Gasteiger partial charge in [0, 0.05) is 27.3 Å². The first kappa shape index (κ1) is 12.0. The van der Waals surface area contributed by atoms with E-state index in [9.17, 15) is 0 Å². The topological polar surface area (TPSA) is 12.0 Å². The molecule has 15 heavy (non-hydrogen) atoms. The Kier molecular flexibility index (Phi) is 4.55. The van der Waals surface area contributed by atoms with E-state index in [4.69, 9.17) is 0 Å². The summed E-state index contributed by atoms with van der Waals surface area (Å²) < 4.78 is 2.24. The number of halogens is 2. The number of nitrogens with one attached hydrogen (secondary N) is 1. The zero-order chi connectivity index (χ0) is 10.7. The van der Waals surface area contributed by atoms with Crippen molar-refractivity contribution < 1.29 is 0 Å². The number of benzene rings is 1. The highest BCUT2D eigenvalue weighted by molar-refractivity contribution is 9.13. The summed E-state index contributed by atoms with van der Waals surface area (Å²) in [6.07, 6.45) is 1.31. The van der Waals surface area contributed by atoms with Crippen molar-refractivity contribution in [2.24, 2.45) is 0 Å². The Labute approximate surface area is 112 Å². The lowest BCUT2D eigenvalue weighted by molar-refractivity contribution is 0.558. The summed E-state index contributed by atoms with van der Waals surface area (Å²) in [6.45, 7) is 0.969. The van der Waals surface area contributed by atoms with Crippen molar-refractivity contribution in [1.29, 1.82) is 0 Å². The second-order valence-electron chi connectivity index (χ2n) is 3.69. The minimum Gasteiger partial charge on any atom is -0.309 e. The molecule has 1 aliphatic heterocycles. The van der Waals surface area contributed by atoms with Crippen molar-refractivity contribution in [1.82, 2.24) is 5.32 Å². The molecular formula is C11H13Br2NS. The third-order valence-corrected chi connectivity index (χ3v) is 5.55. The first-order chi connectivity index (χ1) is 7.25. The maximum atomic E-state index is 3.59. The highest BCUT2D eigenvalue weighted by atomic mass is 79.9. The summed E-state index contributed by atoms with van der Waals surface area (Å²) in [6, 6.07) is 7.12. The van der Waals surface area contributed by atoms with Crippen LogP contribution in [0.2, 0.25) is 0 Å². The molecule has 4 heteroatoms. The lowest BCUT2D eigenvalue weighted by Gasteiger charge is -2.11. The fraction of sp³-hybridized carbons (Fsp3) is 0.455. The number of hydrogen-bond donors (Lipinski definition) is 1. The number of thioether (sulfide) groups is 1. The fourth-order valence-electron chi connectivity index (χ4n) is 1.61. The molecule has 0 bridgehead atoms. The molecule has 1 unspecified atom stereocenters. The lowest BCUT2D eigenvalue weighted by Crippen LogP contribution is -2.27. The van der Waals surface area contributed by atoms with Crippen LogP contribution in [-0.4, -0.2) is 17.5 Å². The molecule has 0 aliphatic carbocycles. The molecule has 82 valence electrons. The van der Waals surface area contributed by atoms with E-state index in [-0.39, 0.29) is 0 Å². The summed E-state index contributed by atoms with van der Waals surface area (Å²) in [5.74, 6) is 2.57. The first-order valence-corrected chi connectivity index (χ1v) is 7.75. The molecule has 1 aromatic carbocycles. The van der Waals surface area contributed by atoms with Gasteiger partial charge in [0.15, 0.2) is 0 Å². The Morgan fingerprint density at radius 3 is 2.87 bits per heavy atom. The Morgan fingerprint density at radius 1 is 1.33 bits per heavy atom. The second kappa shape index (κ2) is 5.71. The van der Waals surface area contributed by atoms with Crippen LogP contribution in [0.5, 0.6) is 0 Å². The number of rotatable bonds is 3. The van der Waals surface area contributed by atoms with Crippen molar-refractivity contribution in [2.45, 2.75) is 19.0 Å². The van der Waals surface area contributed by atoms with Gasteiger partial charge in [-0.05, 0) is 61.7 Å². The van der Waals surface area contributed by atoms with Crippen LogP contribution in [0, 0.1) is 0 Å². The smallest absolute Gasteiger partial charge is 0.0320 e. The van der Waals surface area contributed by atoms with Gasteiger partial charge in [-0.3, -0.25) is 0 Å².